The van der Waals surface area contributed by atoms with Crippen molar-refractivity contribution in [3.8, 4) is 11.5 Å². The molecule has 0 atom stereocenters. The van der Waals surface area contributed by atoms with Crippen molar-refractivity contribution in [3.63, 3.8) is 0 Å². The fourth-order valence-corrected chi connectivity index (χ4v) is 4.08. The number of barbiturate groups is 1. The summed E-state index contributed by atoms with van der Waals surface area (Å²) in [5.74, 6) is -0.853. The third-order valence-electron chi connectivity index (χ3n) is 3.86. The standard InChI is InChI=1S/C19H14BrIN2O5/c1-2-28-12-5-3-11(4-6-12)23-18(26)13(17(25)22-19(23)27)7-10-8-14(20)16(24)15(21)9-10/h3-9,24H,2H2,1H3,(H,22,25,27)/b13-7+. The Kier molecular flexibility index (Phi) is 6.04. The number of phenolic OH excluding ortho intramolecular Hbond substituents is 1. The normalized spacial score (nSPS) is 15.8. The number of halogens is 2. The van der Waals surface area contributed by atoms with Gasteiger partial charge < -0.3 is 9.84 Å². The maximum Gasteiger partial charge on any atom is 0.335 e. The van der Waals surface area contributed by atoms with Gasteiger partial charge in [0.1, 0.15) is 17.1 Å². The van der Waals surface area contributed by atoms with E-state index in [1.54, 1.807) is 36.4 Å². The number of imide groups is 2. The van der Waals surface area contributed by atoms with Crippen molar-refractivity contribution in [1.29, 1.82) is 0 Å². The number of anilines is 1. The first-order valence-corrected chi connectivity index (χ1v) is 10.0. The van der Waals surface area contributed by atoms with Crippen LogP contribution in [0.15, 0.2) is 46.4 Å². The number of rotatable bonds is 4. The Labute approximate surface area is 182 Å². The van der Waals surface area contributed by atoms with E-state index in [0.717, 1.165) is 4.90 Å². The van der Waals surface area contributed by atoms with E-state index in [4.69, 9.17) is 4.74 Å². The Morgan fingerprint density at radius 1 is 1.21 bits per heavy atom. The molecule has 1 fully saturated rings. The summed E-state index contributed by atoms with van der Waals surface area (Å²) < 4.78 is 6.32. The zero-order valence-corrected chi connectivity index (χ0v) is 18.3. The fraction of sp³-hybridized carbons (Fsp3) is 0.105. The zero-order chi connectivity index (χ0) is 20.4. The highest BCUT2D eigenvalue weighted by Gasteiger charge is 2.36. The first-order chi connectivity index (χ1) is 13.3. The Bertz CT molecular complexity index is 981. The van der Waals surface area contributed by atoms with Gasteiger partial charge in [0.25, 0.3) is 11.8 Å². The van der Waals surface area contributed by atoms with Crippen LogP contribution in [0.4, 0.5) is 10.5 Å². The lowest BCUT2D eigenvalue weighted by Gasteiger charge is -2.26. The van der Waals surface area contributed by atoms with Crippen LogP contribution < -0.4 is 15.0 Å². The average molecular weight is 557 g/mol. The second kappa shape index (κ2) is 8.31. The highest BCUT2D eigenvalue weighted by atomic mass is 127. The number of benzene rings is 2. The molecule has 0 aromatic heterocycles. The number of hydrogen-bond acceptors (Lipinski definition) is 5. The summed E-state index contributed by atoms with van der Waals surface area (Å²) in [6, 6.07) is 8.77. The van der Waals surface area contributed by atoms with Crippen molar-refractivity contribution in [3.05, 3.63) is 55.6 Å². The molecule has 4 amide bonds. The molecule has 0 unspecified atom stereocenters. The summed E-state index contributed by atoms with van der Waals surface area (Å²) in [4.78, 5) is 38.3. The van der Waals surface area contributed by atoms with Crippen molar-refractivity contribution in [2.24, 2.45) is 0 Å². The van der Waals surface area contributed by atoms with Crippen LogP contribution in [-0.2, 0) is 9.59 Å². The van der Waals surface area contributed by atoms with Crippen LogP contribution in [0.3, 0.4) is 0 Å². The van der Waals surface area contributed by atoms with Crippen LogP contribution in [0.2, 0.25) is 0 Å². The molecule has 1 saturated heterocycles. The summed E-state index contributed by atoms with van der Waals surface area (Å²) >= 11 is 5.16. The predicted molar refractivity (Wildman–Crippen MR) is 115 cm³/mol. The second-order valence-corrected chi connectivity index (χ2v) is 7.73. The van der Waals surface area contributed by atoms with E-state index in [1.165, 1.54) is 6.08 Å². The molecule has 1 aliphatic heterocycles. The fourth-order valence-electron chi connectivity index (χ4n) is 2.59. The minimum absolute atomic E-state index is 0.0633. The number of amides is 4. The summed E-state index contributed by atoms with van der Waals surface area (Å²) in [7, 11) is 0. The van der Waals surface area contributed by atoms with Crippen LogP contribution in [0.5, 0.6) is 11.5 Å². The van der Waals surface area contributed by atoms with Gasteiger partial charge in [-0.05, 0) is 93.5 Å². The van der Waals surface area contributed by atoms with Crippen LogP contribution in [0, 0.1) is 3.57 Å². The molecule has 2 N–H and O–H groups in total. The van der Waals surface area contributed by atoms with Gasteiger partial charge in [0.2, 0.25) is 0 Å². The van der Waals surface area contributed by atoms with Crippen molar-refractivity contribution < 1.29 is 24.2 Å². The molecular formula is C19H14BrIN2O5. The van der Waals surface area contributed by atoms with Crippen molar-refractivity contribution in [2.45, 2.75) is 6.92 Å². The summed E-state index contributed by atoms with van der Waals surface area (Å²) in [5.41, 5.74) is 0.640. The SMILES string of the molecule is CCOc1ccc(N2C(=O)NC(=O)/C(=C\c3cc(Br)c(O)c(I)c3)C2=O)cc1. The molecule has 9 heteroatoms. The summed E-state index contributed by atoms with van der Waals surface area (Å²) in [5, 5.41) is 12.0. The van der Waals surface area contributed by atoms with Gasteiger partial charge >= 0.3 is 6.03 Å². The van der Waals surface area contributed by atoms with E-state index in [1.807, 2.05) is 29.5 Å². The van der Waals surface area contributed by atoms with E-state index in [-0.39, 0.29) is 11.3 Å². The molecule has 144 valence electrons. The lowest BCUT2D eigenvalue weighted by Crippen LogP contribution is -2.54. The van der Waals surface area contributed by atoms with E-state index in [0.29, 0.717) is 31.7 Å². The minimum atomic E-state index is -0.822. The highest BCUT2D eigenvalue weighted by molar-refractivity contribution is 14.1. The van der Waals surface area contributed by atoms with Crippen LogP contribution in [0.1, 0.15) is 12.5 Å². The monoisotopic (exact) mass is 556 g/mol. The van der Waals surface area contributed by atoms with Crippen molar-refractivity contribution in [2.75, 3.05) is 11.5 Å². The highest BCUT2D eigenvalue weighted by Crippen LogP contribution is 2.32. The van der Waals surface area contributed by atoms with E-state index in [9.17, 15) is 19.5 Å². The maximum atomic E-state index is 12.9. The molecule has 2 aromatic rings. The van der Waals surface area contributed by atoms with Crippen molar-refractivity contribution >= 4 is 68.1 Å². The smallest absolute Gasteiger partial charge is 0.335 e. The Morgan fingerprint density at radius 2 is 1.89 bits per heavy atom. The third kappa shape index (κ3) is 4.04. The number of carbonyl (C=O) groups is 3. The Morgan fingerprint density at radius 3 is 2.50 bits per heavy atom. The Balaban J connectivity index is 1.98. The van der Waals surface area contributed by atoms with E-state index >= 15 is 0 Å². The second-order valence-electron chi connectivity index (χ2n) is 5.72. The largest absolute Gasteiger partial charge is 0.506 e. The molecule has 0 aliphatic carbocycles. The number of carbonyl (C=O) groups excluding carboxylic acids is 3. The molecule has 1 heterocycles. The van der Waals surface area contributed by atoms with Gasteiger partial charge in [-0.2, -0.15) is 0 Å². The van der Waals surface area contributed by atoms with Gasteiger partial charge in [-0.25, -0.2) is 9.69 Å². The number of ether oxygens (including phenoxy) is 1. The molecule has 0 spiro atoms. The van der Waals surface area contributed by atoms with Gasteiger partial charge in [-0.15, -0.1) is 0 Å². The number of nitrogens with one attached hydrogen (secondary N) is 1. The maximum absolute atomic E-state index is 12.9. The summed E-state index contributed by atoms with van der Waals surface area (Å²) in [6.45, 7) is 2.34. The number of phenols is 1. The predicted octanol–water partition coefficient (Wildman–Crippen LogP) is 3.82. The number of nitrogens with zero attached hydrogens (tertiary/aromatic N) is 1. The molecule has 0 radical (unpaired) electrons. The first-order valence-electron chi connectivity index (χ1n) is 8.14. The van der Waals surface area contributed by atoms with Crippen LogP contribution in [-0.4, -0.2) is 29.6 Å². The molecule has 1 aliphatic rings. The van der Waals surface area contributed by atoms with Gasteiger partial charge in [0.15, 0.2) is 0 Å². The Hall–Kier alpha value is -2.40. The van der Waals surface area contributed by atoms with Crippen LogP contribution in [0.25, 0.3) is 6.08 Å². The van der Waals surface area contributed by atoms with Crippen LogP contribution >= 0.6 is 38.5 Å². The minimum Gasteiger partial charge on any atom is -0.506 e. The lowest BCUT2D eigenvalue weighted by molar-refractivity contribution is -0.122. The third-order valence-corrected chi connectivity index (χ3v) is 5.28. The molecule has 0 saturated carbocycles. The van der Waals surface area contributed by atoms with E-state index in [2.05, 4.69) is 21.2 Å². The van der Waals surface area contributed by atoms with Gasteiger partial charge in [-0.1, -0.05) is 0 Å². The zero-order valence-electron chi connectivity index (χ0n) is 14.5. The van der Waals surface area contributed by atoms with Gasteiger partial charge in [0.05, 0.1) is 20.3 Å². The van der Waals surface area contributed by atoms with Gasteiger partial charge in [-0.3, -0.25) is 14.9 Å². The van der Waals surface area contributed by atoms with Crippen molar-refractivity contribution in [1.82, 2.24) is 5.32 Å². The molecule has 7 nitrogen and oxygen atoms in total. The topological polar surface area (TPSA) is 95.9 Å². The molecule has 28 heavy (non-hydrogen) atoms. The van der Waals surface area contributed by atoms with Gasteiger partial charge in [0, 0.05) is 0 Å². The number of hydrogen-bond donors (Lipinski definition) is 2. The summed E-state index contributed by atoms with van der Waals surface area (Å²) in [6.07, 6.45) is 1.37. The number of urea groups is 1. The lowest BCUT2D eigenvalue weighted by atomic mass is 10.1. The van der Waals surface area contributed by atoms with E-state index < -0.39 is 17.8 Å². The quantitative estimate of drug-likeness (QED) is 0.339. The molecule has 2 aromatic carbocycles. The number of aromatic hydroxyl groups is 1. The molecular weight excluding hydrogens is 543 g/mol. The molecule has 0 bridgehead atoms. The average Bonchev–Trinajstić information content (AvgIpc) is 2.64. The first kappa shape index (κ1) is 20.3. The molecule has 3 rings (SSSR count).